The van der Waals surface area contributed by atoms with Crippen molar-refractivity contribution in [3.05, 3.63) is 63.9 Å². The van der Waals surface area contributed by atoms with Crippen LogP contribution in [0.3, 0.4) is 0 Å². The summed E-state index contributed by atoms with van der Waals surface area (Å²) >= 11 is 11.6. The number of benzene rings is 2. The SMILES string of the molecule is O=C(CS(=O)c1ccc(Cl)c(Cl)c1)c1ccc(F)cc1. The van der Waals surface area contributed by atoms with Crippen LogP contribution in [-0.2, 0) is 10.8 Å². The van der Waals surface area contributed by atoms with Crippen LogP contribution >= 0.6 is 23.2 Å². The van der Waals surface area contributed by atoms with Crippen LogP contribution in [0.25, 0.3) is 0 Å². The fourth-order valence-corrected chi connectivity index (χ4v) is 2.94. The molecule has 104 valence electrons. The molecule has 2 nitrogen and oxygen atoms in total. The third-order valence-electron chi connectivity index (χ3n) is 2.58. The molecule has 0 heterocycles. The minimum atomic E-state index is -1.52. The summed E-state index contributed by atoms with van der Waals surface area (Å²) in [5.74, 6) is -0.939. The Balaban J connectivity index is 2.13. The van der Waals surface area contributed by atoms with E-state index in [1.807, 2.05) is 0 Å². The Bertz CT molecular complexity index is 671. The zero-order chi connectivity index (χ0) is 14.7. The van der Waals surface area contributed by atoms with E-state index in [2.05, 4.69) is 0 Å². The van der Waals surface area contributed by atoms with Crippen LogP contribution in [0.4, 0.5) is 4.39 Å². The van der Waals surface area contributed by atoms with Gasteiger partial charge in [0.2, 0.25) is 0 Å². The van der Waals surface area contributed by atoms with Gasteiger partial charge in [-0.2, -0.15) is 0 Å². The summed E-state index contributed by atoms with van der Waals surface area (Å²) in [6.45, 7) is 0. The molecule has 1 unspecified atom stereocenters. The predicted octanol–water partition coefficient (Wildman–Crippen LogP) is 4.12. The topological polar surface area (TPSA) is 34.1 Å². The van der Waals surface area contributed by atoms with Crippen molar-refractivity contribution in [2.24, 2.45) is 0 Å². The summed E-state index contributed by atoms with van der Waals surface area (Å²) in [5.41, 5.74) is 0.319. The van der Waals surface area contributed by atoms with Crippen LogP contribution in [0.2, 0.25) is 10.0 Å². The van der Waals surface area contributed by atoms with Crippen LogP contribution in [0.1, 0.15) is 10.4 Å². The average Bonchev–Trinajstić information content (AvgIpc) is 2.42. The van der Waals surface area contributed by atoms with Crippen LogP contribution in [-0.4, -0.2) is 15.7 Å². The first-order valence-corrected chi connectivity index (χ1v) is 7.67. The molecule has 0 aliphatic heterocycles. The van der Waals surface area contributed by atoms with Gasteiger partial charge in [-0.15, -0.1) is 0 Å². The van der Waals surface area contributed by atoms with E-state index in [0.717, 1.165) is 0 Å². The standard InChI is InChI=1S/C14H9Cl2FO2S/c15-12-6-5-11(7-13(12)16)20(19)8-14(18)9-1-3-10(17)4-2-9/h1-7H,8H2. The van der Waals surface area contributed by atoms with Gasteiger partial charge in [0.15, 0.2) is 5.78 Å². The van der Waals surface area contributed by atoms with E-state index in [4.69, 9.17) is 23.2 Å². The second kappa shape index (κ2) is 6.48. The van der Waals surface area contributed by atoms with Gasteiger partial charge < -0.3 is 0 Å². The number of hydrogen-bond acceptors (Lipinski definition) is 2. The minimum absolute atomic E-state index is 0.191. The van der Waals surface area contributed by atoms with Crippen molar-refractivity contribution in [2.45, 2.75) is 4.90 Å². The Kier molecular flexibility index (Phi) is 4.91. The van der Waals surface area contributed by atoms with E-state index in [0.29, 0.717) is 15.5 Å². The van der Waals surface area contributed by atoms with Gasteiger partial charge in [-0.25, -0.2) is 4.39 Å². The zero-order valence-electron chi connectivity index (χ0n) is 10.1. The maximum absolute atomic E-state index is 12.8. The lowest BCUT2D eigenvalue weighted by atomic mass is 10.1. The minimum Gasteiger partial charge on any atom is -0.293 e. The fraction of sp³-hybridized carbons (Fsp3) is 0.0714. The first-order valence-electron chi connectivity index (χ1n) is 5.59. The normalized spacial score (nSPS) is 12.2. The lowest BCUT2D eigenvalue weighted by Crippen LogP contribution is -2.11. The zero-order valence-corrected chi connectivity index (χ0v) is 12.4. The summed E-state index contributed by atoms with van der Waals surface area (Å²) in [6, 6.07) is 9.66. The van der Waals surface area contributed by atoms with Gasteiger partial charge in [0, 0.05) is 10.5 Å². The van der Waals surface area contributed by atoms with Crippen molar-refractivity contribution in [3.8, 4) is 0 Å². The van der Waals surface area contributed by atoms with Crippen molar-refractivity contribution in [1.29, 1.82) is 0 Å². The molecule has 0 N–H and O–H groups in total. The van der Waals surface area contributed by atoms with Crippen LogP contribution in [0, 0.1) is 5.82 Å². The number of carbonyl (C=O) groups excluding carboxylic acids is 1. The Hall–Kier alpha value is -1.23. The number of hydrogen-bond donors (Lipinski definition) is 0. The molecule has 0 aliphatic carbocycles. The first-order chi connectivity index (χ1) is 9.47. The van der Waals surface area contributed by atoms with Gasteiger partial charge in [0.25, 0.3) is 0 Å². The highest BCUT2D eigenvalue weighted by atomic mass is 35.5. The van der Waals surface area contributed by atoms with Crippen LogP contribution in [0.15, 0.2) is 47.4 Å². The largest absolute Gasteiger partial charge is 0.293 e. The molecule has 0 bridgehead atoms. The first kappa shape index (κ1) is 15.2. The molecule has 0 radical (unpaired) electrons. The van der Waals surface area contributed by atoms with Crippen LogP contribution in [0.5, 0.6) is 0 Å². The second-order valence-electron chi connectivity index (χ2n) is 4.00. The smallest absolute Gasteiger partial charge is 0.175 e. The average molecular weight is 331 g/mol. The highest BCUT2D eigenvalue weighted by molar-refractivity contribution is 7.85. The predicted molar refractivity (Wildman–Crippen MR) is 78.5 cm³/mol. The molecule has 0 saturated carbocycles. The molecule has 0 aliphatic rings. The van der Waals surface area contributed by atoms with Gasteiger partial charge in [-0.05, 0) is 42.5 Å². The molecule has 20 heavy (non-hydrogen) atoms. The number of Topliss-reactive ketones (excluding diaryl/α,β-unsaturated/α-hetero) is 1. The van der Waals surface area contributed by atoms with E-state index in [1.165, 1.54) is 36.4 Å². The Morgan fingerprint density at radius 2 is 1.70 bits per heavy atom. The summed E-state index contributed by atoms with van der Waals surface area (Å²) in [4.78, 5) is 12.3. The van der Waals surface area contributed by atoms with Crippen molar-refractivity contribution in [3.63, 3.8) is 0 Å². The Morgan fingerprint density at radius 1 is 1.05 bits per heavy atom. The summed E-state index contributed by atoms with van der Waals surface area (Å²) in [7, 11) is -1.52. The highest BCUT2D eigenvalue weighted by Crippen LogP contribution is 2.24. The van der Waals surface area contributed by atoms with Crippen molar-refractivity contribution in [1.82, 2.24) is 0 Å². The number of halogens is 3. The monoisotopic (exact) mass is 330 g/mol. The van der Waals surface area contributed by atoms with Crippen molar-refractivity contribution >= 4 is 39.8 Å². The van der Waals surface area contributed by atoms with Gasteiger partial charge in [-0.1, -0.05) is 23.2 Å². The molecule has 0 fully saturated rings. The van der Waals surface area contributed by atoms with E-state index in [1.54, 1.807) is 6.07 Å². The number of ketones is 1. The summed E-state index contributed by atoms with van der Waals surface area (Å²) in [6.07, 6.45) is 0. The van der Waals surface area contributed by atoms with E-state index >= 15 is 0 Å². The van der Waals surface area contributed by atoms with E-state index < -0.39 is 16.6 Å². The number of rotatable bonds is 4. The summed E-state index contributed by atoms with van der Waals surface area (Å²) in [5, 5.41) is 0.643. The van der Waals surface area contributed by atoms with Gasteiger partial charge in [0.05, 0.1) is 26.6 Å². The highest BCUT2D eigenvalue weighted by Gasteiger charge is 2.13. The molecule has 1 atom stereocenters. The lowest BCUT2D eigenvalue weighted by Gasteiger charge is -2.04. The van der Waals surface area contributed by atoms with Crippen molar-refractivity contribution < 1.29 is 13.4 Å². The molecule has 2 aromatic carbocycles. The maximum Gasteiger partial charge on any atom is 0.175 e. The molecule has 0 saturated heterocycles. The summed E-state index contributed by atoms with van der Waals surface area (Å²) < 4.78 is 24.8. The van der Waals surface area contributed by atoms with Crippen molar-refractivity contribution in [2.75, 3.05) is 5.75 Å². The van der Waals surface area contributed by atoms with Gasteiger partial charge >= 0.3 is 0 Å². The number of carbonyl (C=O) groups is 1. The lowest BCUT2D eigenvalue weighted by molar-refractivity contribution is 0.102. The maximum atomic E-state index is 12.8. The van der Waals surface area contributed by atoms with Crippen LogP contribution < -0.4 is 0 Å². The fourth-order valence-electron chi connectivity index (χ4n) is 1.54. The van der Waals surface area contributed by atoms with Gasteiger partial charge in [0.1, 0.15) is 5.82 Å². The molecule has 0 amide bonds. The van der Waals surface area contributed by atoms with Gasteiger partial charge in [-0.3, -0.25) is 9.00 Å². The quantitative estimate of drug-likeness (QED) is 0.790. The Labute approximate surface area is 128 Å². The molecular formula is C14H9Cl2FO2S. The molecule has 2 rings (SSSR count). The molecular weight excluding hydrogens is 322 g/mol. The molecule has 6 heteroatoms. The molecule has 0 spiro atoms. The van der Waals surface area contributed by atoms with E-state index in [-0.39, 0.29) is 16.6 Å². The van der Waals surface area contributed by atoms with E-state index in [9.17, 15) is 13.4 Å². The third kappa shape index (κ3) is 3.66. The third-order valence-corrected chi connectivity index (χ3v) is 4.63. The Morgan fingerprint density at radius 3 is 2.30 bits per heavy atom. The second-order valence-corrected chi connectivity index (χ2v) is 6.26. The molecule has 2 aromatic rings. The molecule has 0 aromatic heterocycles.